The highest BCUT2D eigenvalue weighted by Gasteiger charge is 2.52. The average molecular weight is 416 g/mol. The Morgan fingerprint density at radius 1 is 1.13 bits per heavy atom. The minimum absolute atomic E-state index is 0.188. The minimum atomic E-state index is -0.851. The van der Waals surface area contributed by atoms with Crippen molar-refractivity contribution in [3.63, 3.8) is 0 Å². The minimum Gasteiger partial charge on any atom is -0.497 e. The van der Waals surface area contributed by atoms with Crippen molar-refractivity contribution in [3.05, 3.63) is 29.8 Å². The third-order valence-electron chi connectivity index (χ3n) is 5.76. The summed E-state index contributed by atoms with van der Waals surface area (Å²) in [4.78, 5) is 50.3. The molecule has 1 heterocycles. The molecule has 1 aromatic carbocycles. The molecule has 9 heteroatoms. The number of imide groups is 1. The number of nitrogens with zero attached hydrogens (tertiary/aromatic N) is 1. The van der Waals surface area contributed by atoms with Crippen molar-refractivity contribution >= 4 is 23.8 Å². The van der Waals surface area contributed by atoms with Crippen LogP contribution in [0, 0.1) is 5.92 Å². The van der Waals surface area contributed by atoms with Crippen LogP contribution < -0.4 is 20.7 Å². The van der Waals surface area contributed by atoms with Gasteiger partial charge in [-0.25, -0.2) is 4.79 Å². The van der Waals surface area contributed by atoms with Gasteiger partial charge >= 0.3 is 6.03 Å². The third kappa shape index (κ3) is 4.72. The van der Waals surface area contributed by atoms with E-state index in [1.807, 2.05) is 0 Å². The fourth-order valence-corrected chi connectivity index (χ4v) is 3.84. The zero-order valence-corrected chi connectivity index (χ0v) is 17.3. The normalized spacial score (nSPS) is 23.3. The van der Waals surface area contributed by atoms with Gasteiger partial charge in [-0.1, -0.05) is 6.92 Å². The van der Waals surface area contributed by atoms with Crippen molar-refractivity contribution in [2.45, 2.75) is 38.1 Å². The average Bonchev–Trinajstić information content (AvgIpc) is 2.97. The summed E-state index contributed by atoms with van der Waals surface area (Å²) in [5.41, 5.74) is -0.371. The fraction of sp³-hybridized carbons (Fsp3) is 0.524. The second-order valence-electron chi connectivity index (χ2n) is 7.92. The van der Waals surface area contributed by atoms with Crippen LogP contribution in [0.5, 0.6) is 5.75 Å². The van der Waals surface area contributed by atoms with Crippen LogP contribution >= 0.6 is 0 Å². The molecule has 0 unspecified atom stereocenters. The summed E-state index contributed by atoms with van der Waals surface area (Å²) < 4.78 is 5.05. The molecule has 162 valence electrons. The van der Waals surface area contributed by atoms with Gasteiger partial charge in [0.2, 0.25) is 5.91 Å². The molecule has 2 fully saturated rings. The Morgan fingerprint density at radius 3 is 2.40 bits per heavy atom. The molecule has 2 aliphatic rings. The second-order valence-corrected chi connectivity index (χ2v) is 7.92. The summed E-state index contributed by atoms with van der Waals surface area (Å²) in [7, 11) is 1.55. The number of hydrogen-bond donors (Lipinski definition) is 3. The van der Waals surface area contributed by atoms with Crippen molar-refractivity contribution in [2.24, 2.45) is 5.92 Å². The summed E-state index contributed by atoms with van der Waals surface area (Å²) in [5, 5.41) is 8.12. The summed E-state index contributed by atoms with van der Waals surface area (Å²) in [6.45, 7) is 2.22. The van der Waals surface area contributed by atoms with E-state index in [0.717, 1.165) is 17.7 Å². The zero-order chi connectivity index (χ0) is 21.7. The first-order valence-electron chi connectivity index (χ1n) is 10.2. The van der Waals surface area contributed by atoms with Gasteiger partial charge in [-0.3, -0.25) is 19.3 Å². The van der Waals surface area contributed by atoms with Crippen molar-refractivity contribution < 1.29 is 23.9 Å². The Balaban J connectivity index is 1.41. The first-order valence-corrected chi connectivity index (χ1v) is 10.2. The second kappa shape index (κ2) is 9.15. The van der Waals surface area contributed by atoms with Crippen LogP contribution in [0.3, 0.4) is 0 Å². The van der Waals surface area contributed by atoms with Gasteiger partial charge in [0, 0.05) is 18.7 Å². The first-order chi connectivity index (χ1) is 14.3. The number of carbonyl (C=O) groups excluding carboxylic acids is 4. The Bertz CT molecular complexity index is 815. The number of amides is 5. The lowest BCUT2D eigenvalue weighted by molar-refractivity contribution is -0.136. The molecule has 30 heavy (non-hydrogen) atoms. The lowest BCUT2D eigenvalue weighted by Crippen LogP contribution is -2.50. The fourth-order valence-electron chi connectivity index (χ4n) is 3.84. The highest BCUT2D eigenvalue weighted by molar-refractivity contribution is 6.09. The smallest absolute Gasteiger partial charge is 0.325 e. The number of methoxy groups -OCH3 is 1. The number of urea groups is 1. The molecule has 0 atom stereocenters. The maximum Gasteiger partial charge on any atom is 0.325 e. The quantitative estimate of drug-likeness (QED) is 0.454. The number of carbonyl (C=O) groups is 4. The monoisotopic (exact) mass is 416 g/mol. The van der Waals surface area contributed by atoms with E-state index in [-0.39, 0.29) is 31.4 Å². The van der Waals surface area contributed by atoms with Crippen LogP contribution in [0.4, 0.5) is 4.79 Å². The van der Waals surface area contributed by atoms with Gasteiger partial charge in [0.15, 0.2) is 0 Å². The van der Waals surface area contributed by atoms with Crippen molar-refractivity contribution in [1.82, 2.24) is 20.9 Å². The van der Waals surface area contributed by atoms with E-state index in [4.69, 9.17) is 4.74 Å². The van der Waals surface area contributed by atoms with E-state index in [9.17, 15) is 19.2 Å². The molecule has 1 saturated heterocycles. The van der Waals surface area contributed by atoms with Crippen molar-refractivity contribution in [1.29, 1.82) is 0 Å². The largest absolute Gasteiger partial charge is 0.497 e. The Labute approximate surface area is 175 Å². The van der Waals surface area contributed by atoms with Gasteiger partial charge in [0.1, 0.15) is 17.8 Å². The van der Waals surface area contributed by atoms with E-state index in [1.54, 1.807) is 31.4 Å². The van der Waals surface area contributed by atoms with E-state index < -0.39 is 17.5 Å². The number of benzene rings is 1. The van der Waals surface area contributed by atoms with Gasteiger partial charge in [-0.2, -0.15) is 0 Å². The van der Waals surface area contributed by atoms with Crippen LogP contribution in [0.2, 0.25) is 0 Å². The molecule has 1 aliphatic heterocycles. The predicted molar refractivity (Wildman–Crippen MR) is 109 cm³/mol. The molecule has 1 spiro atoms. The molecule has 1 aromatic rings. The van der Waals surface area contributed by atoms with Crippen LogP contribution in [0.1, 0.15) is 43.0 Å². The molecule has 9 nitrogen and oxygen atoms in total. The van der Waals surface area contributed by atoms with Crippen molar-refractivity contribution in [2.75, 3.05) is 26.7 Å². The highest BCUT2D eigenvalue weighted by Crippen LogP contribution is 2.36. The molecule has 0 radical (unpaired) electrons. The lowest BCUT2D eigenvalue weighted by Gasteiger charge is -2.33. The van der Waals surface area contributed by atoms with Gasteiger partial charge in [0.25, 0.3) is 11.8 Å². The van der Waals surface area contributed by atoms with Crippen LogP contribution in [-0.2, 0) is 9.59 Å². The number of nitrogens with one attached hydrogen (secondary N) is 3. The topological polar surface area (TPSA) is 117 Å². The van der Waals surface area contributed by atoms with Crippen LogP contribution in [-0.4, -0.2) is 60.9 Å². The van der Waals surface area contributed by atoms with E-state index >= 15 is 0 Å². The number of rotatable bonds is 7. The van der Waals surface area contributed by atoms with Gasteiger partial charge < -0.3 is 20.7 Å². The maximum absolute atomic E-state index is 12.8. The summed E-state index contributed by atoms with van der Waals surface area (Å²) in [6, 6.07) is 6.15. The molecule has 5 amide bonds. The molecular formula is C21H28N4O5. The SMILES string of the molecule is COc1ccc(C(=O)NCCNC(=O)CN2C(=O)NC3(CCC(C)CC3)C2=O)cc1. The third-order valence-corrected chi connectivity index (χ3v) is 5.76. The molecule has 0 bridgehead atoms. The molecular weight excluding hydrogens is 388 g/mol. The Kier molecular flexibility index (Phi) is 6.59. The molecule has 3 N–H and O–H groups in total. The van der Waals surface area contributed by atoms with Gasteiger partial charge in [-0.15, -0.1) is 0 Å². The standard InChI is InChI=1S/C21H28N4O5/c1-14-7-9-21(10-8-14)19(28)25(20(29)24-21)13-17(26)22-11-12-23-18(27)15-3-5-16(30-2)6-4-15/h3-6,14H,7-13H2,1-2H3,(H,22,26)(H,23,27)(H,24,29). The first kappa shape index (κ1) is 21.6. The molecule has 3 rings (SSSR count). The van der Waals surface area contributed by atoms with E-state index in [1.165, 1.54) is 0 Å². The number of ether oxygens (including phenoxy) is 1. The van der Waals surface area contributed by atoms with E-state index in [0.29, 0.717) is 30.1 Å². The van der Waals surface area contributed by atoms with Gasteiger partial charge in [-0.05, 0) is 55.9 Å². The molecule has 1 aliphatic carbocycles. The lowest BCUT2D eigenvalue weighted by atomic mass is 9.77. The van der Waals surface area contributed by atoms with Crippen molar-refractivity contribution in [3.8, 4) is 5.75 Å². The summed E-state index contributed by atoms with van der Waals surface area (Å²) in [5.74, 6) is 0.157. The summed E-state index contributed by atoms with van der Waals surface area (Å²) in [6.07, 6.45) is 2.96. The molecule has 0 aromatic heterocycles. The molecule has 1 saturated carbocycles. The maximum atomic E-state index is 12.8. The highest BCUT2D eigenvalue weighted by atomic mass is 16.5. The zero-order valence-electron chi connectivity index (χ0n) is 17.3. The Morgan fingerprint density at radius 2 is 1.77 bits per heavy atom. The van der Waals surface area contributed by atoms with Crippen LogP contribution in [0.25, 0.3) is 0 Å². The van der Waals surface area contributed by atoms with Gasteiger partial charge in [0.05, 0.1) is 7.11 Å². The van der Waals surface area contributed by atoms with E-state index in [2.05, 4.69) is 22.9 Å². The number of hydrogen-bond acceptors (Lipinski definition) is 5. The predicted octanol–water partition coefficient (Wildman–Crippen LogP) is 1.04. The van der Waals surface area contributed by atoms with Crippen LogP contribution in [0.15, 0.2) is 24.3 Å². The summed E-state index contributed by atoms with van der Waals surface area (Å²) >= 11 is 0. The Hall–Kier alpha value is -3.10.